The first-order valence-electron chi connectivity index (χ1n) is 5.43. The number of aryl methyl sites for hydroxylation is 2. The van der Waals surface area contributed by atoms with Gasteiger partial charge in [0.25, 0.3) is 0 Å². The molecule has 0 aliphatic rings. The van der Waals surface area contributed by atoms with Gasteiger partial charge < -0.3 is 9.88 Å². The first-order valence-corrected chi connectivity index (χ1v) is 6.22. The summed E-state index contributed by atoms with van der Waals surface area (Å²) >= 11 is 3.57. The molecule has 0 aliphatic heterocycles. The number of halogens is 1. The Hall–Kier alpha value is -1.36. The molecule has 2 aromatic rings. The number of nitrogens with zero attached hydrogens (tertiary/aromatic N) is 3. The van der Waals surface area contributed by atoms with Crippen LogP contribution in [0.5, 0.6) is 0 Å². The SMILES string of the molecule is Cc1cccc(NCc2nnc(C)n2C)c1Br. The summed E-state index contributed by atoms with van der Waals surface area (Å²) in [6, 6.07) is 6.15. The summed E-state index contributed by atoms with van der Waals surface area (Å²) in [5, 5.41) is 11.5. The van der Waals surface area contributed by atoms with Crippen molar-refractivity contribution in [3.63, 3.8) is 0 Å². The Balaban J connectivity index is 2.13. The van der Waals surface area contributed by atoms with Crippen LogP contribution in [0.4, 0.5) is 5.69 Å². The summed E-state index contributed by atoms with van der Waals surface area (Å²) in [5.74, 6) is 1.85. The van der Waals surface area contributed by atoms with Crippen molar-refractivity contribution in [1.29, 1.82) is 0 Å². The van der Waals surface area contributed by atoms with Crippen LogP contribution >= 0.6 is 15.9 Å². The predicted molar refractivity (Wildman–Crippen MR) is 71.9 cm³/mol. The van der Waals surface area contributed by atoms with Crippen LogP contribution in [0.1, 0.15) is 17.2 Å². The predicted octanol–water partition coefficient (Wildman–Crippen LogP) is 2.81. The summed E-state index contributed by atoms with van der Waals surface area (Å²) in [6.07, 6.45) is 0. The highest BCUT2D eigenvalue weighted by atomic mass is 79.9. The average Bonchev–Trinajstić information content (AvgIpc) is 2.62. The van der Waals surface area contributed by atoms with Crippen LogP contribution in [0.3, 0.4) is 0 Å². The molecule has 0 atom stereocenters. The Labute approximate surface area is 109 Å². The lowest BCUT2D eigenvalue weighted by atomic mass is 10.2. The first-order chi connectivity index (χ1) is 8.09. The fourth-order valence-corrected chi connectivity index (χ4v) is 1.97. The van der Waals surface area contributed by atoms with Crippen molar-refractivity contribution in [1.82, 2.24) is 14.8 Å². The van der Waals surface area contributed by atoms with Gasteiger partial charge in [0.15, 0.2) is 5.82 Å². The maximum atomic E-state index is 4.12. The van der Waals surface area contributed by atoms with Gasteiger partial charge in [-0.1, -0.05) is 12.1 Å². The second-order valence-corrected chi connectivity index (χ2v) is 4.81. The van der Waals surface area contributed by atoms with Gasteiger partial charge in [0.2, 0.25) is 0 Å². The van der Waals surface area contributed by atoms with Crippen LogP contribution in [0.15, 0.2) is 22.7 Å². The molecule has 0 radical (unpaired) electrons. The van der Waals surface area contributed by atoms with Crippen molar-refractivity contribution in [2.45, 2.75) is 20.4 Å². The molecule has 0 fully saturated rings. The minimum Gasteiger partial charge on any atom is -0.377 e. The van der Waals surface area contributed by atoms with E-state index in [1.807, 2.05) is 30.7 Å². The van der Waals surface area contributed by atoms with E-state index < -0.39 is 0 Å². The van der Waals surface area contributed by atoms with Gasteiger partial charge in [-0.05, 0) is 41.4 Å². The Kier molecular flexibility index (Phi) is 3.47. The van der Waals surface area contributed by atoms with E-state index in [0.29, 0.717) is 6.54 Å². The van der Waals surface area contributed by atoms with E-state index in [4.69, 9.17) is 0 Å². The molecule has 1 aromatic carbocycles. The fourth-order valence-electron chi connectivity index (χ4n) is 1.56. The molecule has 17 heavy (non-hydrogen) atoms. The maximum Gasteiger partial charge on any atom is 0.152 e. The van der Waals surface area contributed by atoms with E-state index in [1.165, 1.54) is 5.56 Å². The number of benzene rings is 1. The molecular formula is C12H15BrN4. The van der Waals surface area contributed by atoms with Crippen LogP contribution in [0, 0.1) is 13.8 Å². The highest BCUT2D eigenvalue weighted by Crippen LogP contribution is 2.25. The van der Waals surface area contributed by atoms with Crippen molar-refractivity contribution in [2.24, 2.45) is 7.05 Å². The third-order valence-electron chi connectivity index (χ3n) is 2.81. The van der Waals surface area contributed by atoms with E-state index in [-0.39, 0.29) is 0 Å². The molecule has 1 N–H and O–H groups in total. The molecule has 2 rings (SSSR count). The molecule has 0 saturated heterocycles. The Morgan fingerprint density at radius 3 is 2.71 bits per heavy atom. The van der Waals surface area contributed by atoms with Crippen LogP contribution in [0.2, 0.25) is 0 Å². The number of aromatic nitrogens is 3. The summed E-state index contributed by atoms with van der Waals surface area (Å²) in [5.41, 5.74) is 2.29. The molecule has 0 unspecified atom stereocenters. The number of anilines is 1. The van der Waals surface area contributed by atoms with Crippen molar-refractivity contribution in [3.05, 3.63) is 39.9 Å². The molecule has 90 valence electrons. The topological polar surface area (TPSA) is 42.7 Å². The van der Waals surface area contributed by atoms with E-state index in [9.17, 15) is 0 Å². The molecule has 1 aromatic heterocycles. The van der Waals surface area contributed by atoms with E-state index in [2.05, 4.69) is 44.4 Å². The van der Waals surface area contributed by atoms with Crippen LogP contribution in [-0.2, 0) is 13.6 Å². The lowest BCUT2D eigenvalue weighted by molar-refractivity contribution is 0.789. The van der Waals surface area contributed by atoms with Crippen LogP contribution in [0.25, 0.3) is 0 Å². The third kappa shape index (κ3) is 2.49. The zero-order valence-corrected chi connectivity index (χ0v) is 11.7. The Morgan fingerprint density at radius 2 is 2.06 bits per heavy atom. The van der Waals surface area contributed by atoms with Gasteiger partial charge in [-0.3, -0.25) is 0 Å². The van der Waals surface area contributed by atoms with Gasteiger partial charge in [-0.25, -0.2) is 0 Å². The number of hydrogen-bond donors (Lipinski definition) is 1. The highest BCUT2D eigenvalue weighted by molar-refractivity contribution is 9.10. The van der Waals surface area contributed by atoms with Gasteiger partial charge >= 0.3 is 0 Å². The monoisotopic (exact) mass is 294 g/mol. The minimum absolute atomic E-state index is 0.666. The Bertz CT molecular complexity index is 533. The zero-order valence-electron chi connectivity index (χ0n) is 10.2. The average molecular weight is 295 g/mol. The third-order valence-corrected chi connectivity index (χ3v) is 3.86. The van der Waals surface area contributed by atoms with Gasteiger partial charge in [0.05, 0.1) is 6.54 Å². The van der Waals surface area contributed by atoms with Crippen molar-refractivity contribution in [2.75, 3.05) is 5.32 Å². The normalized spacial score (nSPS) is 10.6. The van der Waals surface area contributed by atoms with Crippen LogP contribution < -0.4 is 5.32 Å². The standard InChI is InChI=1S/C12H15BrN4/c1-8-5-4-6-10(12(8)13)14-7-11-16-15-9(2)17(11)3/h4-6,14H,7H2,1-3H3. The van der Waals surface area contributed by atoms with Gasteiger partial charge in [0.1, 0.15) is 5.82 Å². The summed E-state index contributed by atoms with van der Waals surface area (Å²) in [7, 11) is 1.97. The Morgan fingerprint density at radius 1 is 1.29 bits per heavy atom. The second-order valence-electron chi connectivity index (χ2n) is 4.01. The molecule has 0 bridgehead atoms. The molecule has 0 aliphatic carbocycles. The minimum atomic E-state index is 0.666. The zero-order chi connectivity index (χ0) is 12.4. The number of rotatable bonds is 3. The van der Waals surface area contributed by atoms with Crippen LogP contribution in [-0.4, -0.2) is 14.8 Å². The molecule has 0 amide bonds. The maximum absolute atomic E-state index is 4.12. The molecule has 0 spiro atoms. The van der Waals surface area contributed by atoms with E-state index in [1.54, 1.807) is 0 Å². The van der Waals surface area contributed by atoms with Crippen molar-refractivity contribution < 1.29 is 0 Å². The van der Waals surface area contributed by atoms with E-state index in [0.717, 1.165) is 21.8 Å². The highest BCUT2D eigenvalue weighted by Gasteiger charge is 2.06. The number of hydrogen-bond acceptors (Lipinski definition) is 3. The van der Waals surface area contributed by atoms with Crippen molar-refractivity contribution in [3.8, 4) is 0 Å². The summed E-state index contributed by atoms with van der Waals surface area (Å²) in [4.78, 5) is 0. The fraction of sp³-hybridized carbons (Fsp3) is 0.333. The summed E-state index contributed by atoms with van der Waals surface area (Å²) < 4.78 is 3.08. The van der Waals surface area contributed by atoms with Gasteiger partial charge in [-0.15, -0.1) is 10.2 Å². The first kappa shape index (κ1) is 12.1. The second kappa shape index (κ2) is 4.87. The largest absolute Gasteiger partial charge is 0.377 e. The van der Waals surface area contributed by atoms with Crippen molar-refractivity contribution >= 4 is 21.6 Å². The lowest BCUT2D eigenvalue weighted by Crippen LogP contribution is -2.07. The quantitative estimate of drug-likeness (QED) is 0.947. The molecule has 1 heterocycles. The molecule has 0 saturated carbocycles. The van der Waals surface area contributed by atoms with Gasteiger partial charge in [0, 0.05) is 17.2 Å². The molecule has 4 nitrogen and oxygen atoms in total. The van der Waals surface area contributed by atoms with E-state index >= 15 is 0 Å². The summed E-state index contributed by atoms with van der Waals surface area (Å²) in [6.45, 7) is 4.68. The lowest BCUT2D eigenvalue weighted by Gasteiger charge is -2.09. The van der Waals surface area contributed by atoms with Gasteiger partial charge in [-0.2, -0.15) is 0 Å². The molecular weight excluding hydrogens is 280 g/mol. The molecule has 5 heteroatoms. The number of nitrogens with one attached hydrogen (secondary N) is 1. The smallest absolute Gasteiger partial charge is 0.152 e.